The molecule has 0 atom stereocenters. The quantitative estimate of drug-likeness (QED) is 0.742. The molecule has 0 unspecified atom stereocenters. The second kappa shape index (κ2) is 6.26. The molecule has 3 rings (SSSR count). The predicted molar refractivity (Wildman–Crippen MR) is 91.6 cm³/mol. The fourth-order valence-corrected chi connectivity index (χ4v) is 3.47. The summed E-state index contributed by atoms with van der Waals surface area (Å²) in [5.41, 5.74) is 2.82. The molecule has 6 heteroatoms. The van der Waals surface area contributed by atoms with E-state index in [9.17, 15) is 9.90 Å². The fraction of sp³-hybridized carbons (Fsp3) is 0.176. The number of anilines is 1. The summed E-state index contributed by atoms with van der Waals surface area (Å²) in [7, 11) is 1.62. The van der Waals surface area contributed by atoms with Crippen molar-refractivity contribution in [1.82, 2.24) is 4.98 Å². The highest BCUT2D eigenvalue weighted by atomic mass is 32.1. The highest BCUT2D eigenvalue weighted by Crippen LogP contribution is 2.35. The number of thiophene rings is 1. The van der Waals surface area contributed by atoms with Crippen LogP contribution in [0.5, 0.6) is 5.75 Å². The summed E-state index contributed by atoms with van der Waals surface area (Å²) >= 11 is 1.41. The highest BCUT2D eigenvalue weighted by Gasteiger charge is 2.19. The van der Waals surface area contributed by atoms with E-state index < -0.39 is 5.97 Å². The first kappa shape index (κ1) is 15.3. The zero-order valence-electron chi connectivity index (χ0n) is 12.8. The Labute approximate surface area is 137 Å². The first-order valence-corrected chi connectivity index (χ1v) is 7.89. The fourth-order valence-electron chi connectivity index (χ4n) is 2.33. The lowest BCUT2D eigenvalue weighted by Gasteiger charge is -2.06. The number of aromatic nitrogens is 1. The summed E-state index contributed by atoms with van der Waals surface area (Å²) < 4.78 is 6.00. The third kappa shape index (κ3) is 3.12. The monoisotopic (exact) mass is 328 g/mol. The molecule has 0 saturated carbocycles. The minimum atomic E-state index is -0.968. The molecule has 0 radical (unpaired) electrons. The lowest BCUT2D eigenvalue weighted by molar-refractivity contribution is 0.0700. The Balaban J connectivity index is 1.89. The Kier molecular flexibility index (Phi) is 4.16. The minimum Gasteiger partial charge on any atom is -0.497 e. The van der Waals surface area contributed by atoms with Crippen molar-refractivity contribution in [2.24, 2.45) is 0 Å². The van der Waals surface area contributed by atoms with Gasteiger partial charge in [-0.05, 0) is 36.2 Å². The van der Waals surface area contributed by atoms with Gasteiger partial charge in [0.05, 0.1) is 17.3 Å². The number of carboxylic acids is 1. The summed E-state index contributed by atoms with van der Waals surface area (Å²) in [6, 6.07) is 9.61. The molecule has 23 heavy (non-hydrogen) atoms. The third-order valence-electron chi connectivity index (χ3n) is 3.49. The Morgan fingerprint density at radius 2 is 2.09 bits per heavy atom. The molecule has 0 spiro atoms. The average Bonchev–Trinajstić information content (AvgIpc) is 2.91. The van der Waals surface area contributed by atoms with Crippen LogP contribution < -0.4 is 10.1 Å². The van der Waals surface area contributed by atoms with Gasteiger partial charge in [0.1, 0.15) is 16.3 Å². The number of hydrogen-bond acceptors (Lipinski definition) is 5. The zero-order valence-corrected chi connectivity index (χ0v) is 13.6. The topological polar surface area (TPSA) is 71.5 Å². The number of aromatic carboxylic acids is 1. The average molecular weight is 328 g/mol. The van der Waals surface area contributed by atoms with Gasteiger partial charge in [-0.25, -0.2) is 4.79 Å². The van der Waals surface area contributed by atoms with Crippen LogP contribution in [0.4, 0.5) is 5.00 Å². The van der Waals surface area contributed by atoms with Gasteiger partial charge in [-0.15, -0.1) is 11.3 Å². The van der Waals surface area contributed by atoms with Crippen LogP contribution in [0.3, 0.4) is 0 Å². The molecular weight excluding hydrogens is 312 g/mol. The number of carboxylic acid groups (broad SMARTS) is 1. The molecular formula is C17H16N2O3S. The zero-order chi connectivity index (χ0) is 16.4. The van der Waals surface area contributed by atoms with Gasteiger partial charge in [-0.3, -0.25) is 4.98 Å². The van der Waals surface area contributed by atoms with Crippen molar-refractivity contribution in [3.8, 4) is 5.75 Å². The van der Waals surface area contributed by atoms with Crippen molar-refractivity contribution >= 4 is 32.5 Å². The number of ether oxygens (including phenoxy) is 1. The van der Waals surface area contributed by atoms with Gasteiger partial charge in [0, 0.05) is 12.7 Å². The normalized spacial score (nSPS) is 10.7. The number of hydrogen-bond donors (Lipinski definition) is 2. The van der Waals surface area contributed by atoms with E-state index in [1.54, 1.807) is 13.3 Å². The number of aryl methyl sites for hydroxylation is 1. The summed E-state index contributed by atoms with van der Waals surface area (Å²) in [5, 5.41) is 13.3. The summed E-state index contributed by atoms with van der Waals surface area (Å²) in [4.78, 5) is 15.9. The number of nitrogens with zero attached hydrogens (tertiary/aromatic N) is 1. The van der Waals surface area contributed by atoms with Crippen LogP contribution in [-0.4, -0.2) is 23.2 Å². The molecule has 5 nitrogen and oxygen atoms in total. The van der Waals surface area contributed by atoms with Crippen LogP contribution in [0.1, 0.15) is 21.5 Å². The van der Waals surface area contributed by atoms with Crippen LogP contribution in [0, 0.1) is 6.92 Å². The van der Waals surface area contributed by atoms with Gasteiger partial charge >= 0.3 is 5.97 Å². The van der Waals surface area contributed by atoms with E-state index in [2.05, 4.69) is 10.3 Å². The molecule has 0 bridgehead atoms. The molecule has 2 heterocycles. The van der Waals surface area contributed by atoms with Gasteiger partial charge in [0.15, 0.2) is 0 Å². The van der Waals surface area contributed by atoms with Crippen LogP contribution in [0.25, 0.3) is 10.2 Å². The van der Waals surface area contributed by atoms with E-state index in [4.69, 9.17) is 4.74 Å². The van der Waals surface area contributed by atoms with Crippen LogP contribution in [0.15, 0.2) is 36.5 Å². The van der Waals surface area contributed by atoms with Crippen molar-refractivity contribution in [2.75, 3.05) is 12.4 Å². The maximum Gasteiger partial charge on any atom is 0.340 e. The van der Waals surface area contributed by atoms with E-state index in [0.29, 0.717) is 17.1 Å². The molecule has 0 aliphatic heterocycles. The van der Waals surface area contributed by atoms with E-state index in [1.165, 1.54) is 11.3 Å². The van der Waals surface area contributed by atoms with E-state index in [0.717, 1.165) is 21.6 Å². The maximum atomic E-state index is 11.6. The standard InChI is InChI=1S/C17H16N2O3S/c1-10-7-13-15(18-8-10)14(17(20)21)16(23-13)19-9-11-3-5-12(22-2)6-4-11/h3-8,19H,9H2,1-2H3,(H,20,21). The second-order valence-electron chi connectivity index (χ2n) is 5.17. The van der Waals surface area contributed by atoms with Gasteiger partial charge in [-0.1, -0.05) is 12.1 Å². The van der Waals surface area contributed by atoms with Crippen molar-refractivity contribution in [2.45, 2.75) is 13.5 Å². The van der Waals surface area contributed by atoms with Crippen molar-refractivity contribution in [3.63, 3.8) is 0 Å². The Morgan fingerprint density at radius 3 is 2.74 bits per heavy atom. The summed E-state index contributed by atoms with van der Waals surface area (Å²) in [6.45, 7) is 2.48. The number of nitrogens with one attached hydrogen (secondary N) is 1. The van der Waals surface area contributed by atoms with E-state index >= 15 is 0 Å². The highest BCUT2D eigenvalue weighted by molar-refractivity contribution is 7.23. The van der Waals surface area contributed by atoms with Gasteiger partial charge in [0.2, 0.25) is 0 Å². The number of fused-ring (bicyclic) bond motifs is 1. The van der Waals surface area contributed by atoms with Crippen molar-refractivity contribution < 1.29 is 14.6 Å². The molecule has 0 amide bonds. The molecule has 0 fully saturated rings. The summed E-state index contributed by atoms with van der Waals surface area (Å²) in [5.74, 6) is -0.175. The predicted octanol–water partition coefficient (Wildman–Crippen LogP) is 3.92. The third-order valence-corrected chi connectivity index (χ3v) is 4.58. The van der Waals surface area contributed by atoms with Crippen LogP contribution >= 0.6 is 11.3 Å². The molecule has 118 valence electrons. The lowest BCUT2D eigenvalue weighted by atomic mass is 10.2. The molecule has 0 aliphatic carbocycles. The lowest BCUT2D eigenvalue weighted by Crippen LogP contribution is -2.04. The number of benzene rings is 1. The van der Waals surface area contributed by atoms with Crippen LogP contribution in [-0.2, 0) is 6.54 Å². The Morgan fingerprint density at radius 1 is 1.35 bits per heavy atom. The molecule has 2 N–H and O–H groups in total. The minimum absolute atomic E-state index is 0.235. The molecule has 0 saturated heterocycles. The maximum absolute atomic E-state index is 11.6. The Bertz CT molecular complexity index is 856. The largest absolute Gasteiger partial charge is 0.497 e. The first-order valence-electron chi connectivity index (χ1n) is 7.07. The summed E-state index contributed by atoms with van der Waals surface area (Å²) in [6.07, 6.45) is 1.69. The molecule has 0 aliphatic rings. The number of carbonyl (C=O) groups is 1. The number of pyridine rings is 1. The molecule has 1 aromatic carbocycles. The van der Waals surface area contributed by atoms with E-state index in [1.807, 2.05) is 37.3 Å². The van der Waals surface area contributed by atoms with Crippen LogP contribution in [0.2, 0.25) is 0 Å². The first-order chi connectivity index (χ1) is 11.1. The van der Waals surface area contributed by atoms with Gasteiger partial charge in [0.25, 0.3) is 0 Å². The number of rotatable bonds is 5. The van der Waals surface area contributed by atoms with Gasteiger partial charge < -0.3 is 15.2 Å². The molecule has 3 aromatic rings. The van der Waals surface area contributed by atoms with Gasteiger partial charge in [-0.2, -0.15) is 0 Å². The second-order valence-corrected chi connectivity index (χ2v) is 6.22. The smallest absolute Gasteiger partial charge is 0.340 e. The Hall–Kier alpha value is -2.60. The number of methoxy groups -OCH3 is 1. The SMILES string of the molecule is COc1ccc(CNc2sc3cc(C)cnc3c2C(=O)O)cc1. The van der Waals surface area contributed by atoms with Crippen molar-refractivity contribution in [1.29, 1.82) is 0 Å². The van der Waals surface area contributed by atoms with E-state index in [-0.39, 0.29) is 5.56 Å². The molecule has 2 aromatic heterocycles. The van der Waals surface area contributed by atoms with Crippen molar-refractivity contribution in [3.05, 3.63) is 53.2 Å².